The highest BCUT2D eigenvalue weighted by atomic mass is 19.1. The predicted octanol–water partition coefficient (Wildman–Crippen LogP) is 3.32. The van der Waals surface area contributed by atoms with E-state index in [0.29, 0.717) is 6.54 Å². The fourth-order valence-electron chi connectivity index (χ4n) is 2.14. The van der Waals surface area contributed by atoms with Crippen molar-refractivity contribution in [3.63, 3.8) is 0 Å². The minimum Gasteiger partial charge on any atom is -0.494 e. The first-order valence-corrected chi connectivity index (χ1v) is 6.26. The fourth-order valence-corrected chi connectivity index (χ4v) is 2.14. The number of halogens is 1. The lowest BCUT2D eigenvalue weighted by atomic mass is 10.2. The molecule has 0 aliphatic rings. The molecular weight excluding hydrogens is 257 g/mol. The van der Waals surface area contributed by atoms with Crippen molar-refractivity contribution in [2.75, 3.05) is 12.4 Å². The van der Waals surface area contributed by atoms with Crippen molar-refractivity contribution in [1.29, 1.82) is 0 Å². The van der Waals surface area contributed by atoms with E-state index in [-0.39, 0.29) is 11.6 Å². The highest BCUT2D eigenvalue weighted by Crippen LogP contribution is 2.23. The summed E-state index contributed by atoms with van der Waals surface area (Å²) < 4.78 is 18.5. The maximum atomic E-state index is 13.6. The molecule has 0 atom stereocenters. The Kier molecular flexibility index (Phi) is 3.25. The molecule has 2 N–H and O–H groups in total. The van der Waals surface area contributed by atoms with Crippen LogP contribution in [0, 0.1) is 5.82 Å². The van der Waals surface area contributed by atoms with Crippen molar-refractivity contribution in [1.82, 2.24) is 10.2 Å². The number of fused-ring (bicyclic) bond motifs is 1. The lowest BCUT2D eigenvalue weighted by molar-refractivity contribution is 0.386. The van der Waals surface area contributed by atoms with Crippen molar-refractivity contribution in [2.24, 2.45) is 0 Å². The van der Waals surface area contributed by atoms with Gasteiger partial charge in [-0.15, -0.1) is 0 Å². The number of rotatable bonds is 4. The standard InChI is InChI=1S/C15H14FN3O/c1-20-15-6-5-10(7-12(15)16)8-17-13-3-2-4-14-11(13)9-18-19-14/h2-7,9,17H,8H2,1H3,(H,18,19). The molecule has 3 rings (SSSR count). The molecule has 102 valence electrons. The number of aromatic nitrogens is 2. The highest BCUT2D eigenvalue weighted by molar-refractivity contribution is 5.90. The molecule has 0 spiro atoms. The summed E-state index contributed by atoms with van der Waals surface area (Å²) in [4.78, 5) is 0. The van der Waals surface area contributed by atoms with Gasteiger partial charge in [-0.25, -0.2) is 4.39 Å². The monoisotopic (exact) mass is 271 g/mol. The molecule has 0 amide bonds. The SMILES string of the molecule is COc1ccc(CNc2cccc3[nH]ncc23)cc1F. The number of nitrogens with one attached hydrogen (secondary N) is 2. The van der Waals surface area contributed by atoms with Crippen LogP contribution < -0.4 is 10.1 Å². The third-order valence-electron chi connectivity index (χ3n) is 3.18. The number of methoxy groups -OCH3 is 1. The molecule has 0 aliphatic heterocycles. The molecule has 1 aromatic heterocycles. The summed E-state index contributed by atoms with van der Waals surface area (Å²) in [6.07, 6.45) is 1.77. The molecule has 1 heterocycles. The molecule has 0 unspecified atom stereocenters. The van der Waals surface area contributed by atoms with Gasteiger partial charge in [0.1, 0.15) is 0 Å². The smallest absolute Gasteiger partial charge is 0.165 e. The van der Waals surface area contributed by atoms with Crippen LogP contribution in [-0.4, -0.2) is 17.3 Å². The van der Waals surface area contributed by atoms with Crippen molar-refractivity contribution < 1.29 is 9.13 Å². The Labute approximate surface area is 115 Å². The van der Waals surface area contributed by atoms with Gasteiger partial charge in [-0.05, 0) is 29.8 Å². The maximum Gasteiger partial charge on any atom is 0.165 e. The van der Waals surface area contributed by atoms with Gasteiger partial charge in [-0.1, -0.05) is 12.1 Å². The number of nitrogens with zero attached hydrogens (tertiary/aromatic N) is 1. The Morgan fingerprint density at radius 3 is 3.00 bits per heavy atom. The molecule has 3 aromatic rings. The van der Waals surface area contributed by atoms with Crippen LogP contribution in [0.5, 0.6) is 5.75 Å². The molecule has 0 fully saturated rings. The average molecular weight is 271 g/mol. The van der Waals surface area contributed by atoms with Crippen LogP contribution in [0.1, 0.15) is 5.56 Å². The lowest BCUT2D eigenvalue weighted by Crippen LogP contribution is -2.00. The average Bonchev–Trinajstić information content (AvgIpc) is 2.94. The van der Waals surface area contributed by atoms with E-state index in [0.717, 1.165) is 22.2 Å². The van der Waals surface area contributed by atoms with Gasteiger partial charge in [0.25, 0.3) is 0 Å². The molecule has 0 saturated carbocycles. The van der Waals surface area contributed by atoms with Gasteiger partial charge in [-0.3, -0.25) is 5.10 Å². The van der Waals surface area contributed by atoms with Gasteiger partial charge in [0, 0.05) is 17.6 Å². The Morgan fingerprint density at radius 2 is 2.20 bits per heavy atom. The summed E-state index contributed by atoms with van der Waals surface area (Å²) in [6, 6.07) is 10.8. The molecule has 0 bridgehead atoms. The molecule has 0 aliphatic carbocycles. The van der Waals surface area contributed by atoms with E-state index < -0.39 is 0 Å². The molecule has 5 heteroatoms. The van der Waals surface area contributed by atoms with E-state index in [1.807, 2.05) is 24.3 Å². The molecule has 0 saturated heterocycles. The number of aromatic amines is 1. The van der Waals surface area contributed by atoms with Gasteiger partial charge >= 0.3 is 0 Å². The predicted molar refractivity (Wildman–Crippen MR) is 76.4 cm³/mol. The third-order valence-corrected chi connectivity index (χ3v) is 3.18. The van der Waals surface area contributed by atoms with Crippen molar-refractivity contribution in [3.8, 4) is 5.75 Å². The quantitative estimate of drug-likeness (QED) is 0.765. The number of hydrogen-bond donors (Lipinski definition) is 2. The van der Waals surface area contributed by atoms with Gasteiger partial charge in [0.2, 0.25) is 0 Å². The highest BCUT2D eigenvalue weighted by Gasteiger charge is 2.05. The van der Waals surface area contributed by atoms with Crippen LogP contribution in [0.2, 0.25) is 0 Å². The van der Waals surface area contributed by atoms with E-state index in [2.05, 4.69) is 15.5 Å². The summed E-state index contributed by atoms with van der Waals surface area (Å²) >= 11 is 0. The number of anilines is 1. The Balaban J connectivity index is 1.79. The minimum absolute atomic E-state index is 0.255. The summed E-state index contributed by atoms with van der Waals surface area (Å²) in [6.45, 7) is 0.533. The number of H-pyrrole nitrogens is 1. The van der Waals surface area contributed by atoms with Crippen LogP contribution in [0.15, 0.2) is 42.6 Å². The first kappa shape index (κ1) is 12.5. The van der Waals surface area contributed by atoms with E-state index in [1.165, 1.54) is 13.2 Å². The van der Waals surface area contributed by atoms with Crippen molar-refractivity contribution in [3.05, 3.63) is 54.0 Å². The van der Waals surface area contributed by atoms with Crippen molar-refractivity contribution in [2.45, 2.75) is 6.54 Å². The third kappa shape index (κ3) is 2.30. The topological polar surface area (TPSA) is 49.9 Å². The summed E-state index contributed by atoms with van der Waals surface area (Å²) in [5, 5.41) is 11.2. The van der Waals surface area contributed by atoms with Gasteiger partial charge < -0.3 is 10.1 Å². The summed E-state index contributed by atoms with van der Waals surface area (Å²) in [7, 11) is 1.45. The second-order valence-corrected chi connectivity index (χ2v) is 4.46. The normalized spacial score (nSPS) is 10.7. The van der Waals surface area contributed by atoms with Gasteiger partial charge in [-0.2, -0.15) is 5.10 Å². The fraction of sp³-hybridized carbons (Fsp3) is 0.133. The number of ether oxygens (including phenoxy) is 1. The van der Waals surface area contributed by atoms with E-state index in [1.54, 1.807) is 12.3 Å². The molecule has 20 heavy (non-hydrogen) atoms. The lowest BCUT2D eigenvalue weighted by Gasteiger charge is -2.09. The van der Waals surface area contributed by atoms with E-state index in [9.17, 15) is 4.39 Å². The van der Waals surface area contributed by atoms with E-state index >= 15 is 0 Å². The first-order chi connectivity index (χ1) is 9.78. The molecule has 0 radical (unpaired) electrons. The first-order valence-electron chi connectivity index (χ1n) is 6.26. The zero-order chi connectivity index (χ0) is 13.9. The second-order valence-electron chi connectivity index (χ2n) is 4.46. The minimum atomic E-state index is -0.353. The zero-order valence-electron chi connectivity index (χ0n) is 11.0. The largest absolute Gasteiger partial charge is 0.494 e. The van der Waals surface area contributed by atoms with Crippen LogP contribution in [0.3, 0.4) is 0 Å². The molecule has 4 nitrogen and oxygen atoms in total. The Morgan fingerprint density at radius 1 is 1.30 bits per heavy atom. The summed E-state index contributed by atoms with van der Waals surface area (Å²) in [5.41, 5.74) is 2.78. The number of benzene rings is 2. The van der Waals surface area contributed by atoms with Crippen LogP contribution in [0.4, 0.5) is 10.1 Å². The van der Waals surface area contributed by atoms with Gasteiger partial charge in [0.05, 0.1) is 18.8 Å². The maximum absolute atomic E-state index is 13.6. The van der Waals surface area contributed by atoms with Crippen LogP contribution in [-0.2, 0) is 6.54 Å². The summed E-state index contributed by atoms with van der Waals surface area (Å²) in [5.74, 6) is -0.0981. The van der Waals surface area contributed by atoms with Crippen LogP contribution in [0.25, 0.3) is 10.9 Å². The number of hydrogen-bond acceptors (Lipinski definition) is 3. The van der Waals surface area contributed by atoms with E-state index in [4.69, 9.17) is 4.74 Å². The van der Waals surface area contributed by atoms with Crippen molar-refractivity contribution >= 4 is 16.6 Å². The molecular formula is C15H14FN3O. The Bertz CT molecular complexity index is 739. The second kappa shape index (κ2) is 5.21. The zero-order valence-corrected chi connectivity index (χ0v) is 11.0. The van der Waals surface area contributed by atoms with Gasteiger partial charge in [0.15, 0.2) is 11.6 Å². The van der Waals surface area contributed by atoms with Crippen LogP contribution >= 0.6 is 0 Å². The Hall–Kier alpha value is -2.56. The molecule has 2 aromatic carbocycles.